The van der Waals surface area contributed by atoms with Gasteiger partial charge in [-0.25, -0.2) is 18.0 Å². The molecule has 0 heterocycles. The largest absolute Gasteiger partial charge is 1.00 e. The number of ether oxygens (including phenoxy) is 2. The molecule has 1 rings (SSSR count). The van der Waals surface area contributed by atoms with Crippen molar-refractivity contribution in [1.82, 2.24) is 0 Å². The summed E-state index contributed by atoms with van der Waals surface area (Å²) in [6.07, 6.45) is 13.1. The molecule has 33 heavy (non-hydrogen) atoms. The van der Waals surface area contributed by atoms with Crippen LogP contribution in [0.5, 0.6) is 0 Å². The van der Waals surface area contributed by atoms with Crippen molar-refractivity contribution >= 4 is 22.1 Å². The quantitative estimate of drug-likeness (QED) is 0.142. The zero-order valence-corrected chi connectivity index (χ0v) is 23.2. The standard InChI is InChI=1S/C24H38O7S.Na/c1-3-4-5-6-7-8-9-10-11-12-15-18-30-23(25)21-16-13-14-17-22(21)24(26)31-19-20(2)32(27,28)29;/h13-14,16-17,20H,3-12,15,18-19H2,1-2H3,(H,27,28,29);/q;+1/p-1. The van der Waals surface area contributed by atoms with E-state index in [4.69, 9.17) is 9.47 Å². The zero-order valence-electron chi connectivity index (χ0n) is 20.3. The van der Waals surface area contributed by atoms with Gasteiger partial charge in [0.2, 0.25) is 0 Å². The number of hydrogen-bond acceptors (Lipinski definition) is 7. The second-order valence-electron chi connectivity index (χ2n) is 8.12. The van der Waals surface area contributed by atoms with Crippen LogP contribution < -0.4 is 29.6 Å². The van der Waals surface area contributed by atoms with Crippen molar-refractivity contribution < 1.29 is 61.6 Å². The summed E-state index contributed by atoms with van der Waals surface area (Å²) in [5.74, 6) is -1.50. The van der Waals surface area contributed by atoms with Gasteiger partial charge in [0, 0.05) is 0 Å². The Bertz CT molecular complexity index is 796. The monoisotopic (exact) mass is 492 g/mol. The molecule has 0 bridgehead atoms. The minimum atomic E-state index is -4.56. The molecule has 1 unspecified atom stereocenters. The topological polar surface area (TPSA) is 110 Å². The minimum absolute atomic E-state index is 0. The predicted octanol–water partition coefficient (Wildman–Crippen LogP) is 2.25. The van der Waals surface area contributed by atoms with Crippen LogP contribution in [0.4, 0.5) is 0 Å². The van der Waals surface area contributed by atoms with Gasteiger partial charge in [0.1, 0.15) is 16.7 Å². The number of unbranched alkanes of at least 4 members (excludes halogenated alkanes) is 10. The molecular formula is C24H37NaO7S. The van der Waals surface area contributed by atoms with Gasteiger partial charge in [-0.15, -0.1) is 0 Å². The van der Waals surface area contributed by atoms with E-state index in [1.54, 1.807) is 12.1 Å². The second-order valence-corrected chi connectivity index (χ2v) is 9.91. The molecule has 7 nitrogen and oxygen atoms in total. The number of esters is 2. The molecule has 0 aliphatic carbocycles. The molecule has 0 N–H and O–H groups in total. The smallest absolute Gasteiger partial charge is 0.748 e. The molecule has 0 radical (unpaired) electrons. The first-order valence-corrected chi connectivity index (χ1v) is 13.1. The normalized spacial score (nSPS) is 12.0. The van der Waals surface area contributed by atoms with Crippen molar-refractivity contribution in [3.63, 3.8) is 0 Å². The fraction of sp³-hybridized carbons (Fsp3) is 0.667. The maximum atomic E-state index is 12.4. The number of benzene rings is 1. The summed E-state index contributed by atoms with van der Waals surface area (Å²) in [6, 6.07) is 6.01. The third kappa shape index (κ3) is 14.2. The van der Waals surface area contributed by atoms with Crippen LogP contribution in [0.3, 0.4) is 0 Å². The average Bonchev–Trinajstić information content (AvgIpc) is 2.77. The van der Waals surface area contributed by atoms with E-state index >= 15 is 0 Å². The first-order chi connectivity index (χ1) is 15.3. The molecule has 9 heteroatoms. The Morgan fingerprint density at radius 2 is 1.24 bits per heavy atom. The van der Waals surface area contributed by atoms with Gasteiger partial charge in [-0.1, -0.05) is 83.3 Å². The summed E-state index contributed by atoms with van der Waals surface area (Å²) >= 11 is 0. The predicted molar refractivity (Wildman–Crippen MR) is 123 cm³/mol. The van der Waals surface area contributed by atoms with Crippen molar-refractivity contribution in [2.75, 3.05) is 13.2 Å². The first-order valence-electron chi connectivity index (χ1n) is 11.6. The van der Waals surface area contributed by atoms with E-state index in [9.17, 15) is 22.6 Å². The van der Waals surface area contributed by atoms with Crippen LogP contribution in [-0.4, -0.2) is 43.4 Å². The fourth-order valence-electron chi connectivity index (χ4n) is 3.20. The number of rotatable bonds is 17. The van der Waals surface area contributed by atoms with Crippen molar-refractivity contribution in [2.24, 2.45) is 0 Å². The van der Waals surface area contributed by atoms with Crippen LogP contribution in [0, 0.1) is 0 Å². The third-order valence-electron chi connectivity index (χ3n) is 5.29. The Kier molecular flexibility index (Phi) is 17.9. The van der Waals surface area contributed by atoms with Crippen molar-refractivity contribution in [2.45, 2.75) is 89.7 Å². The number of carbonyl (C=O) groups is 2. The summed E-state index contributed by atoms with van der Waals surface area (Å²) in [4.78, 5) is 24.6. The van der Waals surface area contributed by atoms with Crippen molar-refractivity contribution in [1.29, 1.82) is 0 Å². The summed E-state index contributed by atoms with van der Waals surface area (Å²) in [5.41, 5.74) is 0.0325. The average molecular weight is 493 g/mol. The van der Waals surface area contributed by atoms with E-state index in [2.05, 4.69) is 6.92 Å². The summed E-state index contributed by atoms with van der Waals surface area (Å²) in [5, 5.41) is -1.37. The molecule has 0 saturated heterocycles. The Hall–Kier alpha value is -0.930. The Morgan fingerprint density at radius 3 is 1.70 bits per heavy atom. The maximum Gasteiger partial charge on any atom is 1.00 e. The molecule has 1 aromatic carbocycles. The van der Waals surface area contributed by atoms with Gasteiger partial charge < -0.3 is 14.0 Å². The molecule has 0 fully saturated rings. The summed E-state index contributed by atoms with van der Waals surface area (Å²) in [7, 11) is -4.56. The van der Waals surface area contributed by atoms with E-state index in [-0.39, 0.29) is 47.3 Å². The minimum Gasteiger partial charge on any atom is -0.748 e. The van der Waals surface area contributed by atoms with Gasteiger partial charge in [0.15, 0.2) is 0 Å². The van der Waals surface area contributed by atoms with Crippen molar-refractivity contribution in [3.8, 4) is 0 Å². The van der Waals surface area contributed by atoms with E-state index < -0.39 is 33.9 Å². The molecule has 182 valence electrons. The maximum absolute atomic E-state index is 12.4. The van der Waals surface area contributed by atoms with Gasteiger partial charge in [-0.05, 0) is 25.5 Å². The Balaban J connectivity index is 0.0000102. The van der Waals surface area contributed by atoms with Gasteiger partial charge in [-0.2, -0.15) is 0 Å². The molecule has 0 aliphatic rings. The fourth-order valence-corrected chi connectivity index (χ4v) is 3.44. The van der Waals surface area contributed by atoms with Crippen LogP contribution in [0.15, 0.2) is 24.3 Å². The van der Waals surface area contributed by atoms with Gasteiger partial charge >= 0.3 is 41.5 Å². The van der Waals surface area contributed by atoms with E-state index in [0.717, 1.165) is 26.2 Å². The first kappa shape index (κ1) is 32.1. The number of hydrogen-bond donors (Lipinski definition) is 0. The van der Waals surface area contributed by atoms with E-state index in [0.29, 0.717) is 0 Å². The molecule has 0 aliphatic heterocycles. The van der Waals surface area contributed by atoms with Crippen molar-refractivity contribution in [3.05, 3.63) is 35.4 Å². The molecule has 0 spiro atoms. The van der Waals surface area contributed by atoms with E-state index in [1.165, 1.54) is 63.5 Å². The van der Waals surface area contributed by atoms with Crippen LogP contribution in [0.1, 0.15) is 105 Å². The number of carbonyl (C=O) groups excluding carboxylic acids is 2. The van der Waals surface area contributed by atoms with Gasteiger partial charge in [-0.3, -0.25) is 0 Å². The third-order valence-corrected chi connectivity index (χ3v) is 6.41. The Morgan fingerprint density at radius 1 is 0.818 bits per heavy atom. The van der Waals surface area contributed by atoms with Gasteiger partial charge in [0.25, 0.3) is 0 Å². The SMILES string of the molecule is CCCCCCCCCCCCCOC(=O)c1ccccc1C(=O)OCC(C)S(=O)(=O)[O-].[Na+]. The van der Waals surface area contributed by atoms with Gasteiger partial charge in [0.05, 0.1) is 23.0 Å². The van der Waals surface area contributed by atoms with Crippen LogP contribution >= 0.6 is 0 Å². The Labute approximate surface area is 221 Å². The summed E-state index contributed by atoms with van der Waals surface area (Å²) in [6.45, 7) is 3.07. The second kappa shape index (κ2) is 18.4. The van der Waals surface area contributed by atoms with Crippen LogP contribution in [0.2, 0.25) is 0 Å². The molecule has 0 aromatic heterocycles. The van der Waals surface area contributed by atoms with E-state index in [1.807, 2.05) is 0 Å². The molecule has 1 aromatic rings. The molecular weight excluding hydrogens is 455 g/mol. The summed E-state index contributed by atoms with van der Waals surface area (Å²) < 4.78 is 43.0. The zero-order chi connectivity index (χ0) is 23.8. The molecule has 1 atom stereocenters. The van der Waals surface area contributed by atoms with Crippen LogP contribution in [-0.2, 0) is 19.6 Å². The molecule has 0 amide bonds. The molecule has 0 saturated carbocycles. The van der Waals surface area contributed by atoms with Crippen LogP contribution in [0.25, 0.3) is 0 Å².